The molecule has 0 aromatic heterocycles. The highest BCUT2D eigenvalue weighted by Gasteiger charge is 2.32. The van der Waals surface area contributed by atoms with Crippen LogP contribution in [0.5, 0.6) is 0 Å². The second-order valence-electron chi connectivity index (χ2n) is 12.9. The molecule has 0 unspecified atom stereocenters. The number of likely N-dealkylation sites (tertiary alicyclic amines) is 1. The fourth-order valence-corrected chi connectivity index (χ4v) is 7.34. The fourth-order valence-electron chi connectivity index (χ4n) is 7.34. The third kappa shape index (κ3) is 7.92. The number of hydrogen-bond acceptors (Lipinski definition) is 6. The summed E-state index contributed by atoms with van der Waals surface area (Å²) in [5, 5.41) is 7.30. The van der Waals surface area contributed by atoms with E-state index in [1.165, 1.54) is 38.2 Å². The SMILES string of the molecule is CN=CC(=CN)c1cc2c(cc1C(F)F)[N+](=C(N)C1=C(NC3CCN(CCC4CCNCC4)CC3)CCN(C(C)=O)C1)CCC2. The van der Waals surface area contributed by atoms with Gasteiger partial charge in [-0.1, -0.05) is 0 Å². The third-order valence-electron chi connectivity index (χ3n) is 10.0. The van der Waals surface area contributed by atoms with E-state index in [2.05, 4.69) is 20.5 Å². The Morgan fingerprint density at radius 2 is 1.93 bits per heavy atom. The number of benzene rings is 1. The topological polar surface area (TPSA) is 115 Å². The molecule has 45 heavy (non-hydrogen) atoms. The van der Waals surface area contributed by atoms with E-state index in [-0.39, 0.29) is 11.5 Å². The summed E-state index contributed by atoms with van der Waals surface area (Å²) in [4.78, 5) is 20.9. The number of aliphatic imine (C=N–C) groups is 1. The molecule has 2 fully saturated rings. The van der Waals surface area contributed by atoms with Gasteiger partial charge in [-0.3, -0.25) is 15.5 Å². The summed E-state index contributed by atoms with van der Waals surface area (Å²) >= 11 is 0. The molecule has 0 saturated carbocycles. The first-order valence-corrected chi connectivity index (χ1v) is 16.7. The highest BCUT2D eigenvalue weighted by atomic mass is 19.3. The van der Waals surface area contributed by atoms with Gasteiger partial charge in [0.05, 0.1) is 18.7 Å². The lowest BCUT2D eigenvalue weighted by molar-refractivity contribution is -0.447. The van der Waals surface area contributed by atoms with Crippen LogP contribution in [0.1, 0.15) is 75.0 Å². The van der Waals surface area contributed by atoms with Gasteiger partial charge in [0.1, 0.15) is 5.69 Å². The van der Waals surface area contributed by atoms with Crippen molar-refractivity contribution in [3.8, 4) is 0 Å². The number of halogens is 2. The highest BCUT2D eigenvalue weighted by Crippen LogP contribution is 2.36. The minimum atomic E-state index is -2.69. The summed E-state index contributed by atoms with van der Waals surface area (Å²) in [5.74, 6) is 1.37. The molecule has 5 rings (SSSR count). The van der Waals surface area contributed by atoms with Crippen LogP contribution in [0.2, 0.25) is 0 Å². The lowest BCUT2D eigenvalue weighted by Crippen LogP contribution is -2.47. The van der Waals surface area contributed by atoms with Gasteiger partial charge in [-0.15, -0.1) is 0 Å². The number of carbonyl (C=O) groups is 1. The van der Waals surface area contributed by atoms with Crippen LogP contribution in [0.25, 0.3) is 5.57 Å². The zero-order chi connectivity index (χ0) is 31.9. The molecule has 4 heterocycles. The molecule has 0 radical (unpaired) electrons. The van der Waals surface area contributed by atoms with Crippen LogP contribution in [0.4, 0.5) is 14.5 Å². The Labute approximate surface area is 266 Å². The maximum Gasteiger partial charge on any atom is 0.279 e. The van der Waals surface area contributed by atoms with E-state index in [0.29, 0.717) is 54.8 Å². The van der Waals surface area contributed by atoms with Gasteiger partial charge < -0.3 is 26.2 Å². The average molecular weight is 626 g/mol. The van der Waals surface area contributed by atoms with E-state index in [0.717, 1.165) is 74.6 Å². The van der Waals surface area contributed by atoms with Crippen LogP contribution in [0.15, 0.2) is 34.6 Å². The minimum Gasteiger partial charge on any atom is -0.404 e. The molecular formula is C34H51F2N8O+. The lowest BCUT2D eigenvalue weighted by atomic mass is 9.92. The molecule has 2 saturated heterocycles. The predicted octanol–water partition coefficient (Wildman–Crippen LogP) is 3.52. The number of hydrogen-bond donors (Lipinski definition) is 4. The Bertz CT molecular complexity index is 1340. The van der Waals surface area contributed by atoms with Crippen LogP contribution in [0.3, 0.4) is 0 Å². The van der Waals surface area contributed by atoms with Crippen molar-refractivity contribution in [2.75, 3.05) is 59.4 Å². The van der Waals surface area contributed by atoms with Gasteiger partial charge in [0.15, 0.2) is 0 Å². The molecule has 0 spiro atoms. The number of nitrogens with one attached hydrogen (secondary N) is 2. The smallest absolute Gasteiger partial charge is 0.279 e. The number of piperidine rings is 2. The Morgan fingerprint density at radius 3 is 2.60 bits per heavy atom. The van der Waals surface area contributed by atoms with Crippen molar-refractivity contribution < 1.29 is 18.2 Å². The van der Waals surface area contributed by atoms with Gasteiger partial charge in [-0.05, 0) is 93.8 Å². The fraction of sp³-hybridized carbons (Fsp3) is 0.618. The first-order valence-electron chi connectivity index (χ1n) is 16.7. The molecule has 0 aliphatic carbocycles. The van der Waals surface area contributed by atoms with Crippen molar-refractivity contribution in [3.05, 3.63) is 46.3 Å². The molecule has 4 aliphatic heterocycles. The molecule has 1 aromatic carbocycles. The summed E-state index contributed by atoms with van der Waals surface area (Å²) in [6.45, 7) is 8.84. The maximum atomic E-state index is 14.4. The van der Waals surface area contributed by atoms with Gasteiger partial charge in [0, 0.05) is 75.3 Å². The number of rotatable bonds is 9. The van der Waals surface area contributed by atoms with Crippen molar-refractivity contribution in [1.82, 2.24) is 20.4 Å². The zero-order valence-electron chi connectivity index (χ0n) is 27.0. The van der Waals surface area contributed by atoms with E-state index in [1.807, 2.05) is 15.5 Å². The van der Waals surface area contributed by atoms with E-state index in [4.69, 9.17) is 11.5 Å². The molecule has 4 aliphatic rings. The third-order valence-corrected chi connectivity index (χ3v) is 10.0. The number of fused-ring (bicyclic) bond motifs is 1. The number of amidine groups is 1. The standard InChI is InChI=1S/C34H50F2N8O/c1-23(45)43-17-10-31(41-27-8-15-42(16-9-27)14-7-24-5-11-40-12-6-24)30(22-43)34(38)44-13-3-4-25-18-28(26(20-37)21-39-2)29(33(35)36)19-32(25)44/h18-21,24,27,33,40H,3-17,22H2,1-2H3,(H4,37,38,39,41)/p+1. The summed E-state index contributed by atoms with van der Waals surface area (Å²) in [7, 11) is 1.59. The van der Waals surface area contributed by atoms with Crippen LogP contribution in [0, 0.1) is 5.92 Å². The molecule has 246 valence electrons. The molecule has 0 atom stereocenters. The zero-order valence-corrected chi connectivity index (χ0v) is 27.0. The number of aryl methyl sites for hydroxylation is 1. The maximum absolute atomic E-state index is 14.4. The summed E-state index contributed by atoms with van der Waals surface area (Å²) in [6.07, 6.45) is 8.37. The molecule has 9 nitrogen and oxygen atoms in total. The normalized spacial score (nSPS) is 22.3. The van der Waals surface area contributed by atoms with Gasteiger partial charge in [-0.2, -0.15) is 0 Å². The number of allylic oxidation sites excluding steroid dienone is 1. The lowest BCUT2D eigenvalue weighted by Gasteiger charge is -2.36. The number of amides is 1. The summed E-state index contributed by atoms with van der Waals surface area (Å²) < 4.78 is 30.8. The Kier molecular flexibility index (Phi) is 11.3. The van der Waals surface area contributed by atoms with Crippen molar-refractivity contribution in [1.29, 1.82) is 0 Å². The predicted molar refractivity (Wildman–Crippen MR) is 177 cm³/mol. The quantitative estimate of drug-likeness (QED) is 0.190. The molecule has 1 aromatic rings. The Morgan fingerprint density at radius 1 is 1.18 bits per heavy atom. The number of nitrogens with two attached hydrogens (primary N) is 2. The number of carbonyl (C=O) groups excluding carboxylic acids is 1. The van der Waals surface area contributed by atoms with Crippen molar-refractivity contribution in [3.63, 3.8) is 0 Å². The Hall–Kier alpha value is -3.31. The van der Waals surface area contributed by atoms with E-state index < -0.39 is 6.43 Å². The second-order valence-corrected chi connectivity index (χ2v) is 12.9. The first kappa shape index (κ1) is 33.1. The number of alkyl halides is 2. The molecule has 0 bridgehead atoms. The molecule has 6 N–H and O–H groups in total. The van der Waals surface area contributed by atoms with Gasteiger partial charge >= 0.3 is 0 Å². The van der Waals surface area contributed by atoms with Crippen molar-refractivity contribution in [2.24, 2.45) is 22.4 Å². The van der Waals surface area contributed by atoms with Crippen molar-refractivity contribution >= 4 is 29.2 Å². The monoisotopic (exact) mass is 625 g/mol. The highest BCUT2D eigenvalue weighted by molar-refractivity contribution is 6.10. The second kappa shape index (κ2) is 15.3. The van der Waals surface area contributed by atoms with Gasteiger partial charge in [0.25, 0.3) is 12.3 Å². The molecule has 11 heteroatoms. The van der Waals surface area contributed by atoms with Gasteiger partial charge in [0.2, 0.25) is 5.91 Å². The number of nitrogens with zero attached hydrogens (tertiary/aromatic N) is 4. The van der Waals surface area contributed by atoms with E-state index in [1.54, 1.807) is 20.0 Å². The van der Waals surface area contributed by atoms with Crippen molar-refractivity contribution in [2.45, 2.75) is 70.8 Å². The largest absolute Gasteiger partial charge is 0.404 e. The van der Waals surface area contributed by atoms with Gasteiger partial charge in [-0.25, -0.2) is 13.4 Å². The van der Waals surface area contributed by atoms with Crippen LogP contribution in [-0.2, 0) is 11.2 Å². The van der Waals surface area contributed by atoms with Crippen LogP contribution in [-0.4, -0.2) is 97.8 Å². The first-order chi connectivity index (χ1) is 21.8. The summed E-state index contributed by atoms with van der Waals surface area (Å²) in [6, 6.07) is 3.71. The van der Waals surface area contributed by atoms with Crippen LogP contribution < -0.4 is 22.1 Å². The molecular weight excluding hydrogens is 574 g/mol. The summed E-state index contributed by atoms with van der Waals surface area (Å²) in [5.41, 5.74) is 17.1. The Balaban J connectivity index is 1.40. The van der Waals surface area contributed by atoms with E-state index >= 15 is 0 Å². The minimum absolute atomic E-state index is 0.00349. The van der Waals surface area contributed by atoms with E-state index in [9.17, 15) is 13.6 Å². The van der Waals surface area contributed by atoms with Crippen LogP contribution >= 0.6 is 0 Å². The average Bonchev–Trinajstić information content (AvgIpc) is 3.06. The molecule has 1 amide bonds.